The second kappa shape index (κ2) is 5.34. The number of hydrogen-bond acceptors (Lipinski definition) is 7. The minimum Gasteiger partial charge on any atom is -0.467 e. The van der Waals surface area contributed by atoms with Crippen LogP contribution in [0.4, 0.5) is 5.95 Å². The number of aromatic nitrogens is 3. The fraction of sp³-hybridized carbons (Fsp3) is 0.727. The van der Waals surface area contributed by atoms with E-state index in [1.807, 2.05) is 0 Å². The molecule has 2 heterocycles. The molecule has 1 saturated heterocycles. The molecule has 0 amide bonds. The topological polar surface area (TPSA) is 81.2 Å². The van der Waals surface area contributed by atoms with Crippen molar-refractivity contribution >= 4 is 5.95 Å². The van der Waals surface area contributed by atoms with E-state index in [9.17, 15) is 0 Å². The maximum absolute atomic E-state index is 5.02. The van der Waals surface area contributed by atoms with Gasteiger partial charge in [0.25, 0.3) is 0 Å². The Kier molecular flexibility index (Phi) is 3.81. The van der Waals surface area contributed by atoms with Crippen LogP contribution in [0.3, 0.4) is 0 Å². The third-order valence-electron chi connectivity index (χ3n) is 3.08. The van der Waals surface area contributed by atoms with Crippen molar-refractivity contribution in [2.75, 3.05) is 32.6 Å². The summed E-state index contributed by atoms with van der Waals surface area (Å²) in [5.74, 6) is 0.489. The number of piperidine rings is 1. The van der Waals surface area contributed by atoms with Crippen LogP contribution < -0.4 is 20.1 Å². The predicted molar refractivity (Wildman–Crippen MR) is 67.1 cm³/mol. The van der Waals surface area contributed by atoms with E-state index in [4.69, 9.17) is 9.47 Å². The highest BCUT2D eigenvalue weighted by Gasteiger charge is 2.27. The minimum absolute atomic E-state index is 0.0113. The third-order valence-corrected chi connectivity index (χ3v) is 3.08. The van der Waals surface area contributed by atoms with Crippen molar-refractivity contribution < 1.29 is 9.47 Å². The van der Waals surface area contributed by atoms with Crippen LogP contribution in [0.5, 0.6) is 12.0 Å². The molecule has 0 aliphatic carbocycles. The summed E-state index contributed by atoms with van der Waals surface area (Å²) in [5.41, 5.74) is -0.0113. The van der Waals surface area contributed by atoms with Gasteiger partial charge in [-0.1, -0.05) is 0 Å². The molecule has 0 unspecified atom stereocenters. The molecule has 0 radical (unpaired) electrons. The summed E-state index contributed by atoms with van der Waals surface area (Å²) in [6.07, 6.45) is 2.03. The Morgan fingerprint density at radius 1 is 1.06 bits per heavy atom. The maximum Gasteiger partial charge on any atom is 0.324 e. The van der Waals surface area contributed by atoms with Crippen LogP contribution in [0.15, 0.2) is 0 Å². The highest BCUT2D eigenvalue weighted by atomic mass is 16.5. The van der Waals surface area contributed by atoms with E-state index < -0.39 is 0 Å². The molecule has 7 heteroatoms. The van der Waals surface area contributed by atoms with Crippen molar-refractivity contribution in [3.63, 3.8) is 0 Å². The second-order valence-electron chi connectivity index (χ2n) is 4.57. The van der Waals surface area contributed by atoms with Crippen molar-refractivity contribution in [3.05, 3.63) is 0 Å². The Bertz CT molecular complexity index is 384. The molecule has 0 bridgehead atoms. The molecule has 1 aliphatic rings. The highest BCUT2D eigenvalue weighted by Crippen LogP contribution is 2.23. The molecular weight excluding hydrogens is 234 g/mol. The number of hydrogen-bond donors (Lipinski definition) is 2. The molecule has 0 aromatic carbocycles. The van der Waals surface area contributed by atoms with Crippen LogP contribution in [0.25, 0.3) is 0 Å². The van der Waals surface area contributed by atoms with E-state index in [-0.39, 0.29) is 17.6 Å². The van der Waals surface area contributed by atoms with Gasteiger partial charge in [-0.05, 0) is 32.9 Å². The van der Waals surface area contributed by atoms with Gasteiger partial charge in [0.2, 0.25) is 5.95 Å². The number of rotatable bonds is 4. The summed E-state index contributed by atoms with van der Waals surface area (Å²) in [4.78, 5) is 12.3. The Morgan fingerprint density at radius 2 is 1.61 bits per heavy atom. The number of nitrogens with zero attached hydrogens (tertiary/aromatic N) is 3. The normalized spacial score (nSPS) is 18.2. The Labute approximate surface area is 106 Å². The number of ether oxygens (including phenoxy) is 2. The molecule has 1 aliphatic heterocycles. The first-order valence-corrected chi connectivity index (χ1v) is 5.98. The van der Waals surface area contributed by atoms with E-state index in [1.54, 1.807) is 0 Å². The summed E-state index contributed by atoms with van der Waals surface area (Å²) in [7, 11) is 3.04. The predicted octanol–water partition coefficient (Wildman–Crippen LogP) is 0.443. The van der Waals surface area contributed by atoms with Gasteiger partial charge in [-0.3, -0.25) is 0 Å². The molecular formula is C11H19N5O2. The van der Waals surface area contributed by atoms with Gasteiger partial charge in [0.15, 0.2) is 0 Å². The minimum atomic E-state index is -0.0113. The van der Waals surface area contributed by atoms with Gasteiger partial charge in [-0.25, -0.2) is 0 Å². The van der Waals surface area contributed by atoms with Crippen molar-refractivity contribution in [2.24, 2.45) is 0 Å². The van der Waals surface area contributed by atoms with E-state index in [1.165, 1.54) is 14.2 Å². The van der Waals surface area contributed by atoms with Gasteiger partial charge in [-0.15, -0.1) is 4.98 Å². The van der Waals surface area contributed by atoms with Crippen LogP contribution in [0, 0.1) is 0 Å². The fourth-order valence-electron chi connectivity index (χ4n) is 1.95. The van der Waals surface area contributed by atoms with E-state index in [0.29, 0.717) is 5.95 Å². The summed E-state index contributed by atoms with van der Waals surface area (Å²) >= 11 is 0. The van der Waals surface area contributed by atoms with Crippen molar-refractivity contribution in [2.45, 2.75) is 25.3 Å². The first-order chi connectivity index (χ1) is 8.65. The van der Waals surface area contributed by atoms with Crippen molar-refractivity contribution in [1.29, 1.82) is 0 Å². The van der Waals surface area contributed by atoms with Gasteiger partial charge in [0, 0.05) is 5.54 Å². The zero-order valence-corrected chi connectivity index (χ0v) is 11.0. The fourth-order valence-corrected chi connectivity index (χ4v) is 1.95. The lowest BCUT2D eigenvalue weighted by atomic mass is 9.91. The lowest BCUT2D eigenvalue weighted by molar-refractivity contribution is 0.335. The third kappa shape index (κ3) is 2.98. The molecule has 1 aromatic heterocycles. The lowest BCUT2D eigenvalue weighted by Crippen LogP contribution is -2.45. The van der Waals surface area contributed by atoms with Gasteiger partial charge in [-0.2, -0.15) is 9.97 Å². The molecule has 100 valence electrons. The Morgan fingerprint density at radius 3 is 2.11 bits per heavy atom. The average Bonchev–Trinajstić information content (AvgIpc) is 2.38. The molecule has 0 spiro atoms. The zero-order valence-electron chi connectivity index (χ0n) is 11.0. The summed E-state index contributed by atoms with van der Waals surface area (Å²) in [5, 5.41) is 6.67. The lowest BCUT2D eigenvalue weighted by Gasteiger charge is -2.34. The van der Waals surface area contributed by atoms with Gasteiger partial charge in [0.1, 0.15) is 0 Å². The molecule has 7 nitrogen and oxygen atoms in total. The van der Waals surface area contributed by atoms with Crippen molar-refractivity contribution in [3.8, 4) is 12.0 Å². The first-order valence-electron chi connectivity index (χ1n) is 5.98. The van der Waals surface area contributed by atoms with Gasteiger partial charge >= 0.3 is 12.0 Å². The molecule has 1 aromatic rings. The maximum atomic E-state index is 5.02. The standard InChI is InChI=1S/C11H19N5O2/c1-11(4-6-12-7-5-11)16-8-13-9(17-2)15-10(14-8)18-3/h12H,4-7H2,1-3H3,(H,13,14,15,16). The van der Waals surface area contributed by atoms with E-state index >= 15 is 0 Å². The SMILES string of the molecule is COc1nc(NC2(C)CCNCC2)nc(OC)n1. The quantitative estimate of drug-likeness (QED) is 0.806. The number of nitrogens with one attached hydrogen (secondary N) is 2. The van der Waals surface area contributed by atoms with Crippen LogP contribution in [0.2, 0.25) is 0 Å². The Hall–Kier alpha value is -1.63. The molecule has 2 N–H and O–H groups in total. The summed E-state index contributed by atoms with van der Waals surface area (Å²) in [6.45, 7) is 4.14. The Balaban J connectivity index is 2.16. The number of methoxy groups -OCH3 is 2. The van der Waals surface area contributed by atoms with Gasteiger partial charge < -0.3 is 20.1 Å². The van der Waals surface area contributed by atoms with Crippen LogP contribution >= 0.6 is 0 Å². The van der Waals surface area contributed by atoms with E-state index in [0.717, 1.165) is 25.9 Å². The highest BCUT2D eigenvalue weighted by molar-refractivity contribution is 5.31. The van der Waals surface area contributed by atoms with Gasteiger partial charge in [0.05, 0.1) is 14.2 Å². The smallest absolute Gasteiger partial charge is 0.324 e. The average molecular weight is 253 g/mol. The summed E-state index contributed by atoms with van der Waals surface area (Å²) < 4.78 is 10.0. The second-order valence-corrected chi connectivity index (χ2v) is 4.57. The first kappa shape index (κ1) is 12.8. The van der Waals surface area contributed by atoms with E-state index in [2.05, 4.69) is 32.5 Å². The molecule has 18 heavy (non-hydrogen) atoms. The largest absolute Gasteiger partial charge is 0.467 e. The van der Waals surface area contributed by atoms with Crippen LogP contribution in [-0.2, 0) is 0 Å². The molecule has 2 rings (SSSR count). The van der Waals surface area contributed by atoms with Crippen molar-refractivity contribution in [1.82, 2.24) is 20.3 Å². The number of anilines is 1. The zero-order chi connectivity index (χ0) is 13.0. The monoisotopic (exact) mass is 253 g/mol. The van der Waals surface area contributed by atoms with Crippen LogP contribution in [-0.4, -0.2) is 47.8 Å². The summed E-state index contributed by atoms with van der Waals surface area (Å²) in [6, 6.07) is 0.503. The molecule has 1 fully saturated rings. The molecule has 0 atom stereocenters. The van der Waals surface area contributed by atoms with Crippen LogP contribution in [0.1, 0.15) is 19.8 Å². The molecule has 0 saturated carbocycles.